The Morgan fingerprint density at radius 2 is 1.79 bits per heavy atom. The number of carbonyl (C=O) groups is 1. The molecule has 0 unspecified atom stereocenters. The lowest BCUT2D eigenvalue weighted by molar-refractivity contribution is -0.394. The standard InChI is InChI=1S/C16H13ClN4O7/c1-9(10-2-4-11(17)5-3-10)18-19-12-6-15(28-8-16(22)23)14(21(26)27)7-13(12)20(24)25/h2-7,19H,8H2,1H3,(H,22,23)/b18-9-. The Kier molecular flexibility index (Phi) is 6.45. The molecule has 0 aliphatic carbocycles. The molecule has 0 aliphatic rings. The Labute approximate surface area is 162 Å². The fourth-order valence-corrected chi connectivity index (χ4v) is 2.22. The Morgan fingerprint density at radius 1 is 1.18 bits per heavy atom. The molecule has 28 heavy (non-hydrogen) atoms. The van der Waals surface area contributed by atoms with Crippen LogP contribution in [0.1, 0.15) is 12.5 Å². The highest BCUT2D eigenvalue weighted by atomic mass is 35.5. The van der Waals surface area contributed by atoms with Gasteiger partial charge in [-0.15, -0.1) is 0 Å². The summed E-state index contributed by atoms with van der Waals surface area (Å²) in [6.07, 6.45) is 0. The first-order valence-electron chi connectivity index (χ1n) is 7.56. The lowest BCUT2D eigenvalue weighted by atomic mass is 10.1. The summed E-state index contributed by atoms with van der Waals surface area (Å²) in [5.74, 6) is -1.81. The number of anilines is 1. The van der Waals surface area contributed by atoms with Crippen LogP contribution >= 0.6 is 11.6 Å². The van der Waals surface area contributed by atoms with E-state index < -0.39 is 39.5 Å². The predicted octanol–water partition coefficient (Wildman–Crippen LogP) is 3.46. The van der Waals surface area contributed by atoms with E-state index in [4.69, 9.17) is 21.4 Å². The van der Waals surface area contributed by atoms with E-state index in [9.17, 15) is 25.0 Å². The number of hydrogen-bond acceptors (Lipinski definition) is 8. The maximum Gasteiger partial charge on any atom is 0.341 e. The molecule has 146 valence electrons. The normalized spacial score (nSPS) is 11.0. The van der Waals surface area contributed by atoms with Crippen molar-refractivity contribution in [3.05, 3.63) is 67.2 Å². The molecule has 2 N–H and O–H groups in total. The average Bonchev–Trinajstić information content (AvgIpc) is 2.64. The molecule has 0 radical (unpaired) electrons. The van der Waals surface area contributed by atoms with Crippen LogP contribution in [-0.2, 0) is 4.79 Å². The van der Waals surface area contributed by atoms with Crippen LogP contribution in [0.5, 0.6) is 5.75 Å². The molecular formula is C16H13ClN4O7. The van der Waals surface area contributed by atoms with Crippen LogP contribution in [0.2, 0.25) is 5.02 Å². The minimum atomic E-state index is -1.36. The van der Waals surface area contributed by atoms with Crippen LogP contribution in [0.4, 0.5) is 17.1 Å². The van der Waals surface area contributed by atoms with Gasteiger partial charge in [0.15, 0.2) is 12.4 Å². The number of hydrazone groups is 1. The number of nitrogens with zero attached hydrogens (tertiary/aromatic N) is 3. The highest BCUT2D eigenvalue weighted by Crippen LogP contribution is 2.37. The minimum absolute atomic E-state index is 0.204. The third-order valence-electron chi connectivity index (χ3n) is 3.43. The first-order valence-corrected chi connectivity index (χ1v) is 7.94. The second kappa shape index (κ2) is 8.77. The van der Waals surface area contributed by atoms with Gasteiger partial charge in [0.2, 0.25) is 0 Å². The van der Waals surface area contributed by atoms with Crippen molar-refractivity contribution in [2.24, 2.45) is 5.10 Å². The van der Waals surface area contributed by atoms with Crippen molar-refractivity contribution in [3.8, 4) is 5.75 Å². The maximum atomic E-state index is 11.3. The van der Waals surface area contributed by atoms with E-state index in [1.165, 1.54) is 0 Å². The molecule has 0 aromatic heterocycles. The van der Waals surface area contributed by atoms with Gasteiger partial charge in [0, 0.05) is 11.1 Å². The first-order chi connectivity index (χ1) is 13.2. The second-order valence-electron chi connectivity index (χ2n) is 5.35. The van der Waals surface area contributed by atoms with Crippen molar-refractivity contribution in [2.75, 3.05) is 12.0 Å². The van der Waals surface area contributed by atoms with Crippen molar-refractivity contribution < 1.29 is 24.5 Å². The van der Waals surface area contributed by atoms with E-state index in [0.29, 0.717) is 22.4 Å². The smallest absolute Gasteiger partial charge is 0.341 e. The summed E-state index contributed by atoms with van der Waals surface area (Å²) in [5.41, 5.74) is 2.04. The summed E-state index contributed by atoms with van der Waals surface area (Å²) in [7, 11) is 0. The Morgan fingerprint density at radius 3 is 2.32 bits per heavy atom. The summed E-state index contributed by atoms with van der Waals surface area (Å²) in [5, 5.41) is 35.6. The number of nitrogens with one attached hydrogen (secondary N) is 1. The molecular weight excluding hydrogens is 396 g/mol. The quantitative estimate of drug-likeness (QED) is 0.381. The van der Waals surface area contributed by atoms with Crippen LogP contribution in [0.25, 0.3) is 0 Å². The zero-order valence-electron chi connectivity index (χ0n) is 14.3. The van der Waals surface area contributed by atoms with Crippen LogP contribution in [0.15, 0.2) is 41.5 Å². The Balaban J connectivity index is 2.42. The zero-order valence-corrected chi connectivity index (χ0v) is 15.0. The van der Waals surface area contributed by atoms with Gasteiger partial charge in [0.1, 0.15) is 11.8 Å². The van der Waals surface area contributed by atoms with Gasteiger partial charge < -0.3 is 9.84 Å². The average molecular weight is 409 g/mol. The van der Waals surface area contributed by atoms with Gasteiger partial charge in [-0.1, -0.05) is 23.7 Å². The van der Waals surface area contributed by atoms with Crippen LogP contribution in [-0.4, -0.2) is 33.2 Å². The molecule has 2 rings (SSSR count). The number of nitro groups is 2. The minimum Gasteiger partial charge on any atom is -0.479 e. The molecule has 0 amide bonds. The van der Waals surface area contributed by atoms with E-state index in [1.54, 1.807) is 31.2 Å². The van der Waals surface area contributed by atoms with Gasteiger partial charge in [0.25, 0.3) is 0 Å². The van der Waals surface area contributed by atoms with Crippen LogP contribution in [0.3, 0.4) is 0 Å². The fraction of sp³-hybridized carbons (Fsp3) is 0.125. The first kappa shape index (κ1) is 20.6. The highest BCUT2D eigenvalue weighted by molar-refractivity contribution is 6.30. The van der Waals surface area contributed by atoms with Gasteiger partial charge in [0.05, 0.1) is 15.6 Å². The number of nitro benzene ring substituents is 2. The molecule has 2 aromatic rings. The molecule has 0 aliphatic heterocycles. The number of benzene rings is 2. The number of hydrogen-bond donors (Lipinski definition) is 2. The molecule has 0 bridgehead atoms. The number of carboxylic acids is 1. The largest absolute Gasteiger partial charge is 0.479 e. The Bertz CT molecular complexity index is 960. The molecule has 11 nitrogen and oxygen atoms in total. The van der Waals surface area contributed by atoms with Crippen LogP contribution in [0, 0.1) is 20.2 Å². The van der Waals surface area contributed by atoms with E-state index in [-0.39, 0.29) is 5.69 Å². The predicted molar refractivity (Wildman–Crippen MR) is 100 cm³/mol. The summed E-state index contributed by atoms with van der Waals surface area (Å²) in [6, 6.07) is 8.29. The third-order valence-corrected chi connectivity index (χ3v) is 3.68. The second-order valence-corrected chi connectivity index (χ2v) is 5.79. The molecule has 0 saturated heterocycles. The monoisotopic (exact) mass is 408 g/mol. The van der Waals surface area contributed by atoms with Crippen LogP contribution < -0.4 is 10.2 Å². The summed E-state index contributed by atoms with van der Waals surface area (Å²) >= 11 is 5.81. The number of carboxylic acid groups (broad SMARTS) is 1. The summed E-state index contributed by atoms with van der Waals surface area (Å²) < 4.78 is 4.87. The lowest BCUT2D eigenvalue weighted by Crippen LogP contribution is -2.11. The third kappa shape index (κ3) is 5.14. The van der Waals surface area contributed by atoms with Gasteiger partial charge in [-0.05, 0) is 24.6 Å². The number of rotatable bonds is 8. The zero-order chi connectivity index (χ0) is 20.8. The van der Waals surface area contributed by atoms with Gasteiger partial charge in [-0.2, -0.15) is 5.10 Å². The van der Waals surface area contributed by atoms with Crippen molar-refractivity contribution in [1.82, 2.24) is 0 Å². The summed E-state index contributed by atoms with van der Waals surface area (Å²) in [4.78, 5) is 31.3. The number of aliphatic carboxylic acids is 1. The molecule has 0 atom stereocenters. The number of ether oxygens (including phenoxy) is 1. The molecule has 0 fully saturated rings. The fourth-order valence-electron chi connectivity index (χ4n) is 2.10. The van der Waals surface area contributed by atoms with E-state index in [0.717, 1.165) is 6.07 Å². The molecule has 12 heteroatoms. The van der Waals surface area contributed by atoms with Crippen molar-refractivity contribution in [3.63, 3.8) is 0 Å². The van der Waals surface area contributed by atoms with E-state index in [1.807, 2.05) is 0 Å². The van der Waals surface area contributed by atoms with E-state index in [2.05, 4.69) is 10.5 Å². The van der Waals surface area contributed by atoms with Gasteiger partial charge in [-0.3, -0.25) is 25.7 Å². The van der Waals surface area contributed by atoms with Crippen molar-refractivity contribution in [1.29, 1.82) is 0 Å². The van der Waals surface area contributed by atoms with Gasteiger partial charge in [-0.25, -0.2) is 4.79 Å². The molecule has 0 saturated carbocycles. The number of halogens is 1. The van der Waals surface area contributed by atoms with Gasteiger partial charge >= 0.3 is 17.3 Å². The SMILES string of the molecule is C/C(=N/Nc1cc(OCC(=O)O)c([N+](=O)[O-])cc1[N+](=O)[O-])c1ccc(Cl)cc1. The molecule has 0 spiro atoms. The Hall–Kier alpha value is -3.73. The summed E-state index contributed by atoms with van der Waals surface area (Å²) in [6.45, 7) is 0.778. The van der Waals surface area contributed by atoms with E-state index >= 15 is 0 Å². The highest BCUT2D eigenvalue weighted by Gasteiger charge is 2.26. The van der Waals surface area contributed by atoms with Crippen molar-refractivity contribution >= 4 is 40.3 Å². The van der Waals surface area contributed by atoms with Crippen molar-refractivity contribution in [2.45, 2.75) is 6.92 Å². The maximum absolute atomic E-state index is 11.3. The lowest BCUT2D eigenvalue weighted by Gasteiger charge is -2.09. The topological polar surface area (TPSA) is 157 Å². The molecule has 0 heterocycles. The molecule has 2 aromatic carbocycles.